The van der Waals surface area contributed by atoms with Crippen molar-refractivity contribution in [2.24, 2.45) is 5.73 Å². The second-order valence-corrected chi connectivity index (χ2v) is 5.15. The SMILES string of the molecule is COc1cc(CN2CCC(N)CC2)cc2c1OCO2.Cl. The van der Waals surface area contributed by atoms with E-state index in [1.54, 1.807) is 7.11 Å². The van der Waals surface area contributed by atoms with E-state index in [0.29, 0.717) is 11.8 Å². The molecule has 0 atom stereocenters. The number of benzene rings is 1. The van der Waals surface area contributed by atoms with Crippen LogP contribution in [0.3, 0.4) is 0 Å². The summed E-state index contributed by atoms with van der Waals surface area (Å²) in [5, 5.41) is 0. The molecule has 0 spiro atoms. The second-order valence-electron chi connectivity index (χ2n) is 5.15. The minimum Gasteiger partial charge on any atom is -0.493 e. The number of halogens is 1. The standard InChI is InChI=1S/C14H20N2O3.ClH/c1-17-12-6-10(7-13-14(12)19-9-18-13)8-16-4-2-11(15)3-5-16;/h6-7,11H,2-5,8-9,15H2,1H3;1H. The van der Waals surface area contributed by atoms with Gasteiger partial charge in [0.05, 0.1) is 7.11 Å². The summed E-state index contributed by atoms with van der Waals surface area (Å²) in [7, 11) is 1.65. The molecule has 2 aliphatic rings. The maximum Gasteiger partial charge on any atom is 0.231 e. The predicted octanol–water partition coefficient (Wildman–Crippen LogP) is 1.77. The van der Waals surface area contributed by atoms with E-state index >= 15 is 0 Å². The molecule has 0 saturated carbocycles. The Balaban J connectivity index is 0.00000147. The molecule has 0 radical (unpaired) electrons. The number of ether oxygens (including phenoxy) is 3. The maximum atomic E-state index is 5.93. The Morgan fingerprint density at radius 3 is 2.75 bits per heavy atom. The Morgan fingerprint density at radius 2 is 2.05 bits per heavy atom. The lowest BCUT2D eigenvalue weighted by atomic mass is 10.1. The van der Waals surface area contributed by atoms with Crippen molar-refractivity contribution in [2.75, 3.05) is 27.0 Å². The van der Waals surface area contributed by atoms with E-state index in [0.717, 1.165) is 44.0 Å². The number of hydrogen-bond acceptors (Lipinski definition) is 5. The number of piperidine rings is 1. The predicted molar refractivity (Wildman–Crippen MR) is 78.9 cm³/mol. The lowest BCUT2D eigenvalue weighted by Gasteiger charge is -2.30. The van der Waals surface area contributed by atoms with Gasteiger partial charge in [0.1, 0.15) is 0 Å². The molecular formula is C14H21ClN2O3. The summed E-state index contributed by atoms with van der Waals surface area (Å²) in [5.41, 5.74) is 7.12. The summed E-state index contributed by atoms with van der Waals surface area (Å²) in [4.78, 5) is 2.42. The quantitative estimate of drug-likeness (QED) is 0.922. The van der Waals surface area contributed by atoms with Gasteiger partial charge in [-0.25, -0.2) is 0 Å². The van der Waals surface area contributed by atoms with Crippen molar-refractivity contribution in [1.82, 2.24) is 4.90 Å². The molecule has 112 valence electrons. The summed E-state index contributed by atoms with van der Waals surface area (Å²) < 4.78 is 16.2. The largest absolute Gasteiger partial charge is 0.493 e. The van der Waals surface area contributed by atoms with Crippen molar-refractivity contribution in [3.8, 4) is 17.2 Å². The summed E-state index contributed by atoms with van der Waals surface area (Å²) in [6.45, 7) is 3.28. The molecule has 1 saturated heterocycles. The molecule has 6 heteroatoms. The molecule has 0 aromatic heterocycles. The Morgan fingerprint density at radius 1 is 1.30 bits per heavy atom. The van der Waals surface area contributed by atoms with E-state index in [9.17, 15) is 0 Å². The van der Waals surface area contributed by atoms with Crippen LogP contribution in [-0.2, 0) is 6.54 Å². The Labute approximate surface area is 125 Å². The fraction of sp³-hybridized carbons (Fsp3) is 0.571. The number of hydrogen-bond donors (Lipinski definition) is 1. The normalized spacial score (nSPS) is 18.7. The molecule has 5 nitrogen and oxygen atoms in total. The van der Waals surface area contributed by atoms with Crippen LogP contribution in [-0.4, -0.2) is 37.9 Å². The highest BCUT2D eigenvalue weighted by Crippen LogP contribution is 2.42. The first-order valence-corrected chi connectivity index (χ1v) is 6.70. The molecule has 1 aromatic carbocycles. The first-order chi connectivity index (χ1) is 9.26. The van der Waals surface area contributed by atoms with E-state index in [4.69, 9.17) is 19.9 Å². The molecule has 2 N–H and O–H groups in total. The van der Waals surface area contributed by atoms with Gasteiger partial charge >= 0.3 is 0 Å². The fourth-order valence-corrected chi connectivity index (χ4v) is 2.64. The highest BCUT2D eigenvalue weighted by atomic mass is 35.5. The Bertz CT molecular complexity index is 462. The van der Waals surface area contributed by atoms with E-state index in [2.05, 4.69) is 4.90 Å². The van der Waals surface area contributed by atoms with Crippen LogP contribution >= 0.6 is 12.4 Å². The number of fused-ring (bicyclic) bond motifs is 1. The van der Waals surface area contributed by atoms with Gasteiger partial charge in [-0.15, -0.1) is 12.4 Å². The van der Waals surface area contributed by atoms with Crippen molar-refractivity contribution < 1.29 is 14.2 Å². The third-order valence-corrected chi connectivity index (χ3v) is 3.76. The van der Waals surface area contributed by atoms with Gasteiger partial charge in [0.25, 0.3) is 0 Å². The number of rotatable bonds is 3. The lowest BCUT2D eigenvalue weighted by molar-refractivity contribution is 0.171. The fourth-order valence-electron chi connectivity index (χ4n) is 2.64. The van der Waals surface area contributed by atoms with Crippen LogP contribution in [0.2, 0.25) is 0 Å². The van der Waals surface area contributed by atoms with E-state index in [-0.39, 0.29) is 19.2 Å². The zero-order valence-corrected chi connectivity index (χ0v) is 12.4. The molecule has 20 heavy (non-hydrogen) atoms. The highest BCUT2D eigenvalue weighted by molar-refractivity contribution is 5.85. The first-order valence-electron chi connectivity index (χ1n) is 6.70. The third-order valence-electron chi connectivity index (χ3n) is 3.76. The third kappa shape index (κ3) is 3.11. The van der Waals surface area contributed by atoms with Crippen molar-refractivity contribution in [1.29, 1.82) is 0 Å². The molecule has 0 aliphatic carbocycles. The Kier molecular flexibility index (Phi) is 4.96. The zero-order valence-electron chi connectivity index (χ0n) is 11.6. The lowest BCUT2D eigenvalue weighted by Crippen LogP contribution is -2.39. The molecule has 1 fully saturated rings. The van der Waals surface area contributed by atoms with E-state index in [1.807, 2.05) is 12.1 Å². The smallest absolute Gasteiger partial charge is 0.231 e. The molecule has 0 unspecified atom stereocenters. The van der Waals surface area contributed by atoms with Gasteiger partial charge in [0.2, 0.25) is 12.5 Å². The first kappa shape index (κ1) is 15.2. The number of methoxy groups -OCH3 is 1. The van der Waals surface area contributed by atoms with Crippen LogP contribution in [0.1, 0.15) is 18.4 Å². The zero-order chi connectivity index (χ0) is 13.2. The van der Waals surface area contributed by atoms with Crippen LogP contribution in [0.5, 0.6) is 17.2 Å². The van der Waals surface area contributed by atoms with Gasteiger partial charge in [0, 0.05) is 12.6 Å². The van der Waals surface area contributed by atoms with Crippen molar-refractivity contribution >= 4 is 12.4 Å². The van der Waals surface area contributed by atoms with Crippen LogP contribution in [0.15, 0.2) is 12.1 Å². The van der Waals surface area contributed by atoms with Gasteiger partial charge in [-0.3, -0.25) is 4.90 Å². The average molecular weight is 301 g/mol. The van der Waals surface area contributed by atoms with Crippen molar-refractivity contribution in [2.45, 2.75) is 25.4 Å². The molecule has 0 bridgehead atoms. The van der Waals surface area contributed by atoms with E-state index < -0.39 is 0 Å². The van der Waals surface area contributed by atoms with Crippen LogP contribution in [0.25, 0.3) is 0 Å². The molecule has 0 amide bonds. The molecule has 1 aromatic rings. The number of nitrogens with two attached hydrogens (primary N) is 1. The molecule has 3 rings (SSSR count). The van der Waals surface area contributed by atoms with Crippen molar-refractivity contribution in [3.05, 3.63) is 17.7 Å². The molecular weight excluding hydrogens is 280 g/mol. The highest BCUT2D eigenvalue weighted by Gasteiger charge is 2.22. The monoisotopic (exact) mass is 300 g/mol. The summed E-state index contributed by atoms with van der Waals surface area (Å²) in [6, 6.07) is 4.43. The van der Waals surface area contributed by atoms with Gasteiger partial charge in [0.15, 0.2) is 11.5 Å². The van der Waals surface area contributed by atoms with Crippen molar-refractivity contribution in [3.63, 3.8) is 0 Å². The van der Waals surface area contributed by atoms with Crippen LogP contribution in [0, 0.1) is 0 Å². The van der Waals surface area contributed by atoms with Crippen LogP contribution in [0.4, 0.5) is 0 Å². The van der Waals surface area contributed by atoms with Gasteiger partial charge in [-0.2, -0.15) is 0 Å². The van der Waals surface area contributed by atoms with Gasteiger partial charge in [-0.05, 0) is 43.6 Å². The number of likely N-dealkylation sites (tertiary alicyclic amines) is 1. The maximum absolute atomic E-state index is 5.93. The van der Waals surface area contributed by atoms with Crippen LogP contribution < -0.4 is 19.9 Å². The molecule has 2 aliphatic heterocycles. The molecule has 2 heterocycles. The summed E-state index contributed by atoms with van der Waals surface area (Å²) in [6.07, 6.45) is 2.14. The van der Waals surface area contributed by atoms with E-state index in [1.165, 1.54) is 5.56 Å². The average Bonchev–Trinajstić information content (AvgIpc) is 2.89. The summed E-state index contributed by atoms with van der Waals surface area (Å²) in [5.74, 6) is 2.24. The second kappa shape index (κ2) is 6.52. The number of nitrogens with zero attached hydrogens (tertiary/aromatic N) is 1. The minimum absolute atomic E-state index is 0. The minimum atomic E-state index is 0. The van der Waals surface area contributed by atoms with Gasteiger partial charge < -0.3 is 19.9 Å². The van der Waals surface area contributed by atoms with Gasteiger partial charge in [-0.1, -0.05) is 0 Å². The summed E-state index contributed by atoms with van der Waals surface area (Å²) >= 11 is 0. The Hall–Kier alpha value is -1.17. The topological polar surface area (TPSA) is 57.0 Å².